The normalized spacial score (nSPS) is 11.4. The van der Waals surface area contributed by atoms with E-state index in [1.54, 1.807) is 0 Å². The summed E-state index contributed by atoms with van der Waals surface area (Å²) in [5.41, 5.74) is 1.28. The molecule has 17 heavy (non-hydrogen) atoms. The van der Waals surface area contributed by atoms with Gasteiger partial charge in [-0.25, -0.2) is 0 Å². The summed E-state index contributed by atoms with van der Waals surface area (Å²) in [4.78, 5) is 4.96. The van der Waals surface area contributed by atoms with E-state index in [1.165, 1.54) is 25.1 Å². The Kier molecular flexibility index (Phi) is 10.5. The fraction of sp³-hybridized carbons (Fsp3) is 0.857. The van der Waals surface area contributed by atoms with Gasteiger partial charge in [0.25, 0.3) is 0 Å². The maximum Gasteiger partial charge on any atom is 0.0202 e. The minimum absolute atomic E-state index is 0.923. The molecule has 0 spiro atoms. The molecule has 0 aliphatic heterocycles. The molecule has 0 amide bonds. The molecule has 0 saturated carbocycles. The van der Waals surface area contributed by atoms with Crippen molar-refractivity contribution in [1.29, 1.82) is 0 Å². The predicted octanol–water partition coefficient (Wildman–Crippen LogP) is 1.82. The average Bonchev–Trinajstić information content (AvgIpc) is 2.33. The van der Waals surface area contributed by atoms with Gasteiger partial charge in [0, 0.05) is 13.1 Å². The molecule has 0 fully saturated rings. The van der Waals surface area contributed by atoms with Crippen molar-refractivity contribution in [2.45, 2.75) is 27.2 Å². The minimum Gasteiger partial charge on any atom is -0.316 e. The second-order valence-corrected chi connectivity index (χ2v) is 4.53. The first kappa shape index (κ1) is 16.6. The van der Waals surface area contributed by atoms with Crippen LogP contribution in [-0.2, 0) is 0 Å². The lowest BCUT2D eigenvalue weighted by Crippen LogP contribution is -2.32. The smallest absolute Gasteiger partial charge is 0.0202 e. The highest BCUT2D eigenvalue weighted by Gasteiger charge is 2.05. The van der Waals surface area contributed by atoms with E-state index in [0.29, 0.717) is 0 Å². The van der Waals surface area contributed by atoms with Crippen LogP contribution in [0, 0.1) is 0 Å². The lowest BCUT2D eigenvalue weighted by atomic mass is 10.2. The van der Waals surface area contributed by atoms with Crippen molar-refractivity contribution in [1.82, 2.24) is 15.1 Å². The van der Waals surface area contributed by atoms with Gasteiger partial charge in [-0.15, -0.1) is 0 Å². The van der Waals surface area contributed by atoms with E-state index in [0.717, 1.165) is 32.7 Å². The summed E-state index contributed by atoms with van der Waals surface area (Å²) in [5.74, 6) is 0. The molecule has 0 rings (SSSR count). The summed E-state index contributed by atoms with van der Waals surface area (Å²) in [6.07, 6.45) is 1.25. The van der Waals surface area contributed by atoms with Crippen molar-refractivity contribution in [3.05, 3.63) is 12.2 Å². The van der Waals surface area contributed by atoms with Gasteiger partial charge in [-0.1, -0.05) is 27.4 Å². The zero-order chi connectivity index (χ0) is 13.1. The fourth-order valence-corrected chi connectivity index (χ4v) is 2.03. The van der Waals surface area contributed by atoms with Gasteiger partial charge in [0.2, 0.25) is 0 Å². The van der Waals surface area contributed by atoms with Gasteiger partial charge in [-0.05, 0) is 51.8 Å². The summed E-state index contributed by atoms with van der Waals surface area (Å²) in [6.45, 7) is 18.6. The Bertz CT molecular complexity index is 188. The highest BCUT2D eigenvalue weighted by Crippen LogP contribution is 1.99. The Labute approximate surface area is 108 Å². The SMILES string of the molecule is C=C(CNC)CN(CC)CCCN(CC)CC. The molecule has 0 bridgehead atoms. The van der Waals surface area contributed by atoms with Crippen LogP contribution in [0.15, 0.2) is 12.2 Å². The van der Waals surface area contributed by atoms with Gasteiger partial charge in [0.15, 0.2) is 0 Å². The van der Waals surface area contributed by atoms with Gasteiger partial charge in [-0.2, -0.15) is 0 Å². The van der Waals surface area contributed by atoms with Crippen molar-refractivity contribution in [2.24, 2.45) is 0 Å². The lowest BCUT2D eigenvalue weighted by molar-refractivity contribution is 0.253. The van der Waals surface area contributed by atoms with E-state index in [-0.39, 0.29) is 0 Å². The van der Waals surface area contributed by atoms with Crippen molar-refractivity contribution in [3.63, 3.8) is 0 Å². The molecule has 0 unspecified atom stereocenters. The van der Waals surface area contributed by atoms with Crippen LogP contribution in [0.2, 0.25) is 0 Å². The third-order valence-corrected chi connectivity index (χ3v) is 3.16. The molecule has 3 heteroatoms. The minimum atomic E-state index is 0.923. The van der Waals surface area contributed by atoms with E-state index in [1.807, 2.05) is 7.05 Å². The van der Waals surface area contributed by atoms with Crippen molar-refractivity contribution < 1.29 is 0 Å². The third-order valence-electron chi connectivity index (χ3n) is 3.16. The Hall–Kier alpha value is -0.380. The maximum atomic E-state index is 4.09. The standard InChI is InChI=1S/C14H31N3/c1-6-16(7-2)10-9-11-17(8-3)13-14(4)12-15-5/h15H,4,6-13H2,1-3,5H3. The largest absolute Gasteiger partial charge is 0.316 e. The molecular formula is C14H31N3. The van der Waals surface area contributed by atoms with Crippen LogP contribution in [0.4, 0.5) is 0 Å². The quantitative estimate of drug-likeness (QED) is 0.557. The van der Waals surface area contributed by atoms with E-state index >= 15 is 0 Å². The van der Waals surface area contributed by atoms with E-state index < -0.39 is 0 Å². The Morgan fingerprint density at radius 1 is 1.00 bits per heavy atom. The first-order chi connectivity index (χ1) is 8.17. The maximum absolute atomic E-state index is 4.09. The number of hydrogen-bond acceptors (Lipinski definition) is 3. The zero-order valence-electron chi connectivity index (χ0n) is 12.3. The molecule has 0 aliphatic rings. The molecule has 3 nitrogen and oxygen atoms in total. The second-order valence-electron chi connectivity index (χ2n) is 4.53. The van der Waals surface area contributed by atoms with Gasteiger partial charge in [0.05, 0.1) is 0 Å². The number of nitrogens with zero attached hydrogens (tertiary/aromatic N) is 2. The van der Waals surface area contributed by atoms with Crippen molar-refractivity contribution in [3.8, 4) is 0 Å². The molecule has 0 aromatic rings. The van der Waals surface area contributed by atoms with E-state index in [4.69, 9.17) is 0 Å². The first-order valence-electron chi connectivity index (χ1n) is 6.93. The molecule has 0 atom stereocenters. The number of rotatable bonds is 11. The molecule has 102 valence electrons. The predicted molar refractivity (Wildman–Crippen MR) is 77.6 cm³/mol. The fourth-order valence-electron chi connectivity index (χ4n) is 2.03. The van der Waals surface area contributed by atoms with Crippen LogP contribution in [0.25, 0.3) is 0 Å². The molecule has 0 aliphatic carbocycles. The van der Waals surface area contributed by atoms with E-state index in [2.05, 4.69) is 42.5 Å². The monoisotopic (exact) mass is 241 g/mol. The van der Waals surface area contributed by atoms with Crippen molar-refractivity contribution in [2.75, 3.05) is 52.9 Å². The highest BCUT2D eigenvalue weighted by atomic mass is 15.1. The molecule has 0 heterocycles. The number of hydrogen-bond donors (Lipinski definition) is 1. The van der Waals surface area contributed by atoms with Crippen LogP contribution in [0.3, 0.4) is 0 Å². The van der Waals surface area contributed by atoms with Gasteiger partial charge in [0.1, 0.15) is 0 Å². The Morgan fingerprint density at radius 2 is 1.53 bits per heavy atom. The summed E-state index contributed by atoms with van der Waals surface area (Å²) in [5, 5.41) is 3.16. The van der Waals surface area contributed by atoms with Crippen LogP contribution >= 0.6 is 0 Å². The van der Waals surface area contributed by atoms with Crippen LogP contribution in [0.1, 0.15) is 27.2 Å². The van der Waals surface area contributed by atoms with Gasteiger partial charge in [-0.3, -0.25) is 4.90 Å². The molecule has 0 aromatic carbocycles. The first-order valence-corrected chi connectivity index (χ1v) is 6.93. The Morgan fingerprint density at radius 3 is 2.00 bits per heavy atom. The Balaban J connectivity index is 3.77. The van der Waals surface area contributed by atoms with E-state index in [9.17, 15) is 0 Å². The lowest BCUT2D eigenvalue weighted by Gasteiger charge is -2.24. The zero-order valence-corrected chi connectivity index (χ0v) is 12.3. The average molecular weight is 241 g/mol. The van der Waals surface area contributed by atoms with Crippen LogP contribution in [0.5, 0.6) is 0 Å². The molecule has 0 aromatic heterocycles. The molecule has 0 saturated heterocycles. The summed E-state index contributed by atoms with van der Waals surface area (Å²) in [7, 11) is 1.97. The topological polar surface area (TPSA) is 18.5 Å². The molecule has 1 N–H and O–H groups in total. The van der Waals surface area contributed by atoms with Crippen molar-refractivity contribution >= 4 is 0 Å². The highest BCUT2D eigenvalue weighted by molar-refractivity contribution is 4.99. The summed E-state index contributed by atoms with van der Waals surface area (Å²) < 4.78 is 0. The van der Waals surface area contributed by atoms with Gasteiger partial charge < -0.3 is 10.2 Å². The molecular weight excluding hydrogens is 210 g/mol. The summed E-state index contributed by atoms with van der Waals surface area (Å²) >= 11 is 0. The second kappa shape index (κ2) is 10.8. The van der Waals surface area contributed by atoms with Crippen LogP contribution in [-0.4, -0.2) is 62.7 Å². The molecule has 0 radical (unpaired) electrons. The van der Waals surface area contributed by atoms with Gasteiger partial charge >= 0.3 is 0 Å². The van der Waals surface area contributed by atoms with Crippen LogP contribution < -0.4 is 5.32 Å². The third kappa shape index (κ3) is 8.36. The number of likely N-dealkylation sites (N-methyl/N-ethyl adjacent to an activating group) is 2. The number of nitrogens with one attached hydrogen (secondary N) is 1. The summed E-state index contributed by atoms with van der Waals surface area (Å²) in [6, 6.07) is 0.